The molecule has 2 rings (SSSR count). The van der Waals surface area contributed by atoms with E-state index in [2.05, 4.69) is 15.9 Å². The number of rotatable bonds is 2. The Morgan fingerprint density at radius 2 is 1.78 bits per heavy atom. The number of para-hydroxylation sites is 1. The molecule has 18 heavy (non-hydrogen) atoms. The molecule has 0 aromatic heterocycles. The van der Waals surface area contributed by atoms with E-state index >= 15 is 0 Å². The van der Waals surface area contributed by atoms with Crippen molar-refractivity contribution in [1.82, 2.24) is 0 Å². The van der Waals surface area contributed by atoms with Gasteiger partial charge in [0.1, 0.15) is 5.82 Å². The van der Waals surface area contributed by atoms with Crippen molar-refractivity contribution < 1.29 is 9.18 Å². The molecule has 0 heterocycles. The zero-order valence-corrected chi connectivity index (χ0v) is 11.3. The number of carbonyl (C=O) groups excluding carboxylic acids is 1. The lowest BCUT2D eigenvalue weighted by Crippen LogP contribution is -2.27. The van der Waals surface area contributed by atoms with Crippen LogP contribution in [0.15, 0.2) is 53.0 Å². The summed E-state index contributed by atoms with van der Waals surface area (Å²) in [7, 11) is 1.62. The maximum atomic E-state index is 13.7. The molecule has 2 aromatic carbocycles. The lowest BCUT2D eigenvalue weighted by Gasteiger charge is -2.18. The summed E-state index contributed by atoms with van der Waals surface area (Å²) < 4.78 is 14.2. The molecule has 92 valence electrons. The normalized spacial score (nSPS) is 10.2. The summed E-state index contributed by atoms with van der Waals surface area (Å²) in [5.41, 5.74) is 0.765. The van der Waals surface area contributed by atoms with Crippen LogP contribution >= 0.6 is 15.9 Å². The van der Waals surface area contributed by atoms with Crippen LogP contribution in [0.25, 0.3) is 0 Å². The molecule has 4 heteroatoms. The summed E-state index contributed by atoms with van der Waals surface area (Å²) in [6, 6.07) is 13.6. The highest BCUT2D eigenvalue weighted by Crippen LogP contribution is 2.23. The number of nitrogens with zero attached hydrogens (tertiary/aromatic N) is 1. The Bertz CT molecular complexity index is 551. The van der Waals surface area contributed by atoms with E-state index in [1.165, 1.54) is 11.0 Å². The summed E-state index contributed by atoms with van der Waals surface area (Å²) in [4.78, 5) is 13.7. The first-order valence-electron chi connectivity index (χ1n) is 5.38. The van der Waals surface area contributed by atoms with E-state index in [-0.39, 0.29) is 11.5 Å². The third-order valence-corrected chi connectivity index (χ3v) is 3.29. The van der Waals surface area contributed by atoms with Gasteiger partial charge in [0.2, 0.25) is 0 Å². The number of hydrogen-bond donors (Lipinski definition) is 0. The van der Waals surface area contributed by atoms with Gasteiger partial charge in [0.25, 0.3) is 5.91 Å². The van der Waals surface area contributed by atoms with Gasteiger partial charge in [-0.2, -0.15) is 0 Å². The van der Waals surface area contributed by atoms with Crippen molar-refractivity contribution in [2.75, 3.05) is 11.9 Å². The second kappa shape index (κ2) is 5.31. The van der Waals surface area contributed by atoms with Crippen molar-refractivity contribution >= 4 is 27.5 Å². The second-order valence-corrected chi connectivity index (χ2v) is 4.65. The summed E-state index contributed by atoms with van der Waals surface area (Å²) in [6.45, 7) is 0. The molecular weight excluding hydrogens is 297 g/mol. The predicted octanol–water partition coefficient (Wildman–Crippen LogP) is 3.86. The van der Waals surface area contributed by atoms with E-state index in [0.29, 0.717) is 4.47 Å². The predicted molar refractivity (Wildman–Crippen MR) is 73.3 cm³/mol. The van der Waals surface area contributed by atoms with Gasteiger partial charge in [0.15, 0.2) is 0 Å². The molecule has 0 N–H and O–H groups in total. The Morgan fingerprint density at radius 3 is 2.39 bits per heavy atom. The lowest BCUT2D eigenvalue weighted by molar-refractivity contribution is 0.0988. The number of anilines is 1. The number of carbonyl (C=O) groups is 1. The maximum Gasteiger partial charge on any atom is 0.262 e. The topological polar surface area (TPSA) is 20.3 Å². The Kier molecular flexibility index (Phi) is 3.77. The molecule has 0 fully saturated rings. The largest absolute Gasteiger partial charge is 0.311 e. The van der Waals surface area contributed by atoms with Crippen LogP contribution in [0.4, 0.5) is 10.1 Å². The minimum Gasteiger partial charge on any atom is -0.311 e. The van der Waals surface area contributed by atoms with Gasteiger partial charge in [0.05, 0.1) is 5.56 Å². The number of amides is 1. The average molecular weight is 308 g/mol. The maximum absolute atomic E-state index is 13.7. The number of halogens is 2. The summed E-state index contributed by atoms with van der Waals surface area (Å²) in [6.07, 6.45) is 0. The lowest BCUT2D eigenvalue weighted by atomic mass is 10.1. The SMILES string of the molecule is CN(C(=O)c1c(F)cccc1Br)c1ccccc1. The van der Waals surface area contributed by atoms with E-state index in [1.807, 2.05) is 18.2 Å². The van der Waals surface area contributed by atoms with Crippen LogP contribution in [0.2, 0.25) is 0 Å². The molecule has 0 bridgehead atoms. The number of hydrogen-bond acceptors (Lipinski definition) is 1. The molecule has 0 spiro atoms. The molecule has 0 atom stereocenters. The Hall–Kier alpha value is -1.68. The van der Waals surface area contributed by atoms with Crippen LogP contribution in [0.3, 0.4) is 0 Å². The van der Waals surface area contributed by atoms with Crippen molar-refractivity contribution in [3.8, 4) is 0 Å². The van der Waals surface area contributed by atoms with E-state index in [0.717, 1.165) is 5.69 Å². The first-order valence-corrected chi connectivity index (χ1v) is 6.17. The highest BCUT2D eigenvalue weighted by Gasteiger charge is 2.19. The standard InChI is InChI=1S/C14H11BrFNO/c1-17(10-6-3-2-4-7-10)14(18)13-11(15)8-5-9-12(13)16/h2-9H,1H3. The molecule has 2 nitrogen and oxygen atoms in total. The summed E-state index contributed by atoms with van der Waals surface area (Å²) in [5, 5.41) is 0. The monoisotopic (exact) mass is 307 g/mol. The molecule has 0 unspecified atom stereocenters. The van der Waals surface area contributed by atoms with E-state index < -0.39 is 5.82 Å². The van der Waals surface area contributed by atoms with Crippen LogP contribution in [0.1, 0.15) is 10.4 Å². The van der Waals surface area contributed by atoms with Crippen LogP contribution in [0.5, 0.6) is 0 Å². The Morgan fingerprint density at radius 1 is 1.11 bits per heavy atom. The molecule has 2 aromatic rings. The van der Waals surface area contributed by atoms with Gasteiger partial charge in [-0.05, 0) is 40.2 Å². The quantitative estimate of drug-likeness (QED) is 0.825. The number of benzene rings is 2. The fourth-order valence-electron chi connectivity index (χ4n) is 1.64. The van der Waals surface area contributed by atoms with Gasteiger partial charge in [-0.15, -0.1) is 0 Å². The third-order valence-electron chi connectivity index (χ3n) is 2.62. The second-order valence-electron chi connectivity index (χ2n) is 3.80. The smallest absolute Gasteiger partial charge is 0.262 e. The fourth-order valence-corrected chi connectivity index (χ4v) is 2.15. The van der Waals surface area contributed by atoms with Crippen molar-refractivity contribution in [3.05, 3.63) is 64.4 Å². The first-order chi connectivity index (χ1) is 8.61. The van der Waals surface area contributed by atoms with E-state index in [9.17, 15) is 9.18 Å². The summed E-state index contributed by atoms with van der Waals surface area (Å²) in [5.74, 6) is -0.914. The van der Waals surface area contributed by atoms with Crippen molar-refractivity contribution in [2.45, 2.75) is 0 Å². The molecule has 0 aliphatic rings. The van der Waals surface area contributed by atoms with Crippen LogP contribution < -0.4 is 4.90 Å². The zero-order chi connectivity index (χ0) is 13.1. The van der Waals surface area contributed by atoms with Crippen molar-refractivity contribution in [2.24, 2.45) is 0 Å². The molecule has 0 aliphatic carbocycles. The van der Waals surface area contributed by atoms with Gasteiger partial charge in [-0.3, -0.25) is 4.79 Å². The highest BCUT2D eigenvalue weighted by atomic mass is 79.9. The molecule has 0 radical (unpaired) electrons. The van der Waals surface area contributed by atoms with Crippen molar-refractivity contribution in [1.29, 1.82) is 0 Å². The third kappa shape index (κ3) is 2.43. The van der Waals surface area contributed by atoms with Crippen LogP contribution in [-0.2, 0) is 0 Å². The van der Waals surface area contributed by atoms with E-state index in [4.69, 9.17) is 0 Å². The molecular formula is C14H11BrFNO. The molecule has 1 amide bonds. The summed E-state index contributed by atoms with van der Waals surface area (Å²) >= 11 is 3.20. The van der Waals surface area contributed by atoms with Crippen LogP contribution in [-0.4, -0.2) is 13.0 Å². The molecule has 0 saturated carbocycles. The minimum absolute atomic E-state index is 0.0452. The molecule has 0 aliphatic heterocycles. The fraction of sp³-hybridized carbons (Fsp3) is 0.0714. The van der Waals surface area contributed by atoms with Gasteiger partial charge < -0.3 is 4.90 Å². The molecule has 0 saturated heterocycles. The van der Waals surface area contributed by atoms with Crippen LogP contribution in [0, 0.1) is 5.82 Å². The minimum atomic E-state index is -0.530. The van der Waals surface area contributed by atoms with Gasteiger partial charge >= 0.3 is 0 Å². The Balaban J connectivity index is 2.38. The van der Waals surface area contributed by atoms with Gasteiger partial charge in [-0.1, -0.05) is 24.3 Å². The zero-order valence-electron chi connectivity index (χ0n) is 9.73. The Labute approximate surface area is 113 Å². The van der Waals surface area contributed by atoms with Gasteiger partial charge in [0, 0.05) is 17.2 Å². The van der Waals surface area contributed by atoms with Gasteiger partial charge in [-0.25, -0.2) is 4.39 Å². The highest BCUT2D eigenvalue weighted by molar-refractivity contribution is 9.10. The average Bonchev–Trinajstić information content (AvgIpc) is 2.38. The first kappa shape index (κ1) is 12.8. The van der Waals surface area contributed by atoms with Crippen molar-refractivity contribution in [3.63, 3.8) is 0 Å². The van der Waals surface area contributed by atoms with E-state index in [1.54, 1.807) is 31.3 Å².